The Kier molecular flexibility index (Phi) is 5.97. The van der Waals surface area contributed by atoms with Gasteiger partial charge in [0.05, 0.1) is 4.90 Å². The molecule has 1 aromatic rings. The van der Waals surface area contributed by atoms with E-state index in [1.807, 2.05) is 0 Å². The first-order valence-electron chi connectivity index (χ1n) is 5.41. The van der Waals surface area contributed by atoms with Crippen LogP contribution in [0.2, 0.25) is 0 Å². The molecule has 0 spiro atoms. The van der Waals surface area contributed by atoms with Gasteiger partial charge in [0.25, 0.3) is 0 Å². The average Bonchev–Trinajstić information content (AvgIpc) is 2.37. The largest absolute Gasteiger partial charge is 0.359 e. The van der Waals surface area contributed by atoms with E-state index in [9.17, 15) is 13.2 Å². The Bertz CT molecular complexity index is 575. The second kappa shape index (κ2) is 6.83. The lowest BCUT2D eigenvalue weighted by molar-refractivity contribution is -0.120. The lowest BCUT2D eigenvalue weighted by atomic mass is 10.4. The maximum absolute atomic E-state index is 12.3. The molecule has 0 unspecified atom stereocenters. The normalized spacial score (nSPS) is 11.6. The van der Waals surface area contributed by atoms with Crippen LogP contribution in [0.3, 0.4) is 0 Å². The number of halogens is 2. The molecule has 106 valence electrons. The average molecular weight is 414 g/mol. The summed E-state index contributed by atoms with van der Waals surface area (Å²) in [5, 5.41) is 2.45. The number of hydrogen-bond donors (Lipinski definition) is 1. The van der Waals surface area contributed by atoms with Crippen LogP contribution in [0.4, 0.5) is 0 Å². The molecule has 0 aliphatic heterocycles. The van der Waals surface area contributed by atoms with Crippen molar-refractivity contribution in [1.29, 1.82) is 0 Å². The quantitative estimate of drug-likeness (QED) is 0.802. The van der Waals surface area contributed by atoms with Gasteiger partial charge < -0.3 is 5.32 Å². The van der Waals surface area contributed by atoms with Crippen molar-refractivity contribution in [3.8, 4) is 0 Å². The van der Waals surface area contributed by atoms with Crippen molar-refractivity contribution < 1.29 is 13.2 Å². The van der Waals surface area contributed by atoms with E-state index in [-0.39, 0.29) is 23.8 Å². The van der Waals surface area contributed by atoms with Crippen molar-refractivity contribution in [3.05, 3.63) is 27.1 Å². The summed E-state index contributed by atoms with van der Waals surface area (Å²) < 4.78 is 27.0. The van der Waals surface area contributed by atoms with E-state index in [2.05, 4.69) is 37.2 Å². The minimum Gasteiger partial charge on any atom is -0.359 e. The third-order valence-electron chi connectivity index (χ3n) is 2.51. The van der Waals surface area contributed by atoms with Crippen LogP contribution in [0.1, 0.15) is 6.42 Å². The highest BCUT2D eigenvalue weighted by Crippen LogP contribution is 2.27. The number of carbonyl (C=O) groups excluding carboxylic acids is 1. The molecule has 0 aliphatic carbocycles. The van der Waals surface area contributed by atoms with E-state index in [1.54, 1.807) is 12.1 Å². The fraction of sp³-hybridized carbons (Fsp3) is 0.364. The molecule has 19 heavy (non-hydrogen) atoms. The third kappa shape index (κ3) is 4.27. The Morgan fingerprint density at radius 2 is 2.00 bits per heavy atom. The van der Waals surface area contributed by atoms with Gasteiger partial charge in [0.1, 0.15) is 0 Å². The van der Waals surface area contributed by atoms with Gasteiger partial charge in [-0.25, -0.2) is 12.7 Å². The fourth-order valence-electron chi connectivity index (χ4n) is 1.35. The molecule has 1 aromatic carbocycles. The molecule has 0 aliphatic rings. The predicted octanol–water partition coefficient (Wildman–Crippen LogP) is 1.97. The lowest BCUT2D eigenvalue weighted by Crippen LogP contribution is -2.31. The van der Waals surface area contributed by atoms with Crippen LogP contribution in [0.25, 0.3) is 0 Å². The number of benzene rings is 1. The van der Waals surface area contributed by atoms with Crippen molar-refractivity contribution in [2.45, 2.75) is 11.3 Å². The topological polar surface area (TPSA) is 66.5 Å². The molecule has 0 bridgehead atoms. The molecule has 0 saturated heterocycles. The second-order valence-electron chi connectivity index (χ2n) is 3.82. The van der Waals surface area contributed by atoms with Gasteiger partial charge >= 0.3 is 0 Å². The highest BCUT2D eigenvalue weighted by Gasteiger charge is 2.23. The number of carbonyl (C=O) groups is 1. The van der Waals surface area contributed by atoms with Crippen LogP contribution in [0, 0.1) is 0 Å². The van der Waals surface area contributed by atoms with Crippen LogP contribution in [-0.2, 0) is 14.8 Å². The van der Waals surface area contributed by atoms with Crippen molar-refractivity contribution in [3.63, 3.8) is 0 Å². The summed E-state index contributed by atoms with van der Waals surface area (Å²) in [5.74, 6) is -0.199. The van der Waals surface area contributed by atoms with Gasteiger partial charge in [-0.05, 0) is 34.1 Å². The monoisotopic (exact) mass is 412 g/mol. The van der Waals surface area contributed by atoms with Crippen molar-refractivity contribution in [2.24, 2.45) is 0 Å². The Balaban J connectivity index is 2.97. The zero-order chi connectivity index (χ0) is 14.6. The van der Waals surface area contributed by atoms with Crippen LogP contribution in [0.5, 0.6) is 0 Å². The zero-order valence-electron chi connectivity index (χ0n) is 10.5. The SMILES string of the molecule is CNC(=O)CCN(C)S(=O)(=O)c1cc(Br)ccc1Br. The smallest absolute Gasteiger partial charge is 0.243 e. The molecule has 1 N–H and O–H groups in total. The highest BCUT2D eigenvalue weighted by molar-refractivity contribution is 9.11. The number of sulfonamides is 1. The lowest BCUT2D eigenvalue weighted by Gasteiger charge is -2.17. The van der Waals surface area contributed by atoms with E-state index in [4.69, 9.17) is 0 Å². The maximum Gasteiger partial charge on any atom is 0.243 e. The zero-order valence-corrected chi connectivity index (χ0v) is 14.5. The van der Waals surface area contributed by atoms with E-state index in [1.165, 1.54) is 20.2 Å². The number of nitrogens with zero attached hydrogens (tertiary/aromatic N) is 1. The number of rotatable bonds is 5. The van der Waals surface area contributed by atoms with Crippen LogP contribution in [-0.4, -0.2) is 39.3 Å². The number of nitrogens with one attached hydrogen (secondary N) is 1. The fourth-order valence-corrected chi connectivity index (χ4v) is 3.98. The molecule has 0 heterocycles. The van der Waals surface area contributed by atoms with E-state index in [0.717, 1.165) is 4.31 Å². The summed E-state index contributed by atoms with van der Waals surface area (Å²) >= 11 is 6.47. The predicted molar refractivity (Wildman–Crippen MR) is 80.3 cm³/mol. The molecule has 5 nitrogen and oxygen atoms in total. The number of hydrogen-bond acceptors (Lipinski definition) is 3. The van der Waals surface area contributed by atoms with E-state index in [0.29, 0.717) is 8.95 Å². The van der Waals surface area contributed by atoms with Crippen molar-refractivity contribution in [1.82, 2.24) is 9.62 Å². The first-order valence-corrected chi connectivity index (χ1v) is 8.43. The third-order valence-corrected chi connectivity index (χ3v) is 5.86. The van der Waals surface area contributed by atoms with Crippen LogP contribution in [0.15, 0.2) is 32.0 Å². The van der Waals surface area contributed by atoms with Gasteiger partial charge in [-0.2, -0.15) is 0 Å². The molecular formula is C11H14Br2N2O3S. The van der Waals surface area contributed by atoms with Crippen LogP contribution < -0.4 is 5.32 Å². The number of amides is 1. The van der Waals surface area contributed by atoms with Gasteiger partial charge in [-0.1, -0.05) is 15.9 Å². The summed E-state index contributed by atoms with van der Waals surface area (Å²) in [6, 6.07) is 4.92. The molecule has 0 fully saturated rings. The molecule has 1 rings (SSSR count). The summed E-state index contributed by atoms with van der Waals surface area (Å²) in [4.78, 5) is 11.3. The molecule has 0 atom stereocenters. The molecule has 1 amide bonds. The van der Waals surface area contributed by atoms with Crippen molar-refractivity contribution in [2.75, 3.05) is 20.6 Å². The highest BCUT2D eigenvalue weighted by atomic mass is 79.9. The molecule has 0 aromatic heterocycles. The second-order valence-corrected chi connectivity index (χ2v) is 7.61. The van der Waals surface area contributed by atoms with Gasteiger partial charge in [-0.15, -0.1) is 0 Å². The molecule has 0 radical (unpaired) electrons. The standard InChI is InChI=1S/C11H14Br2N2O3S/c1-14-11(16)5-6-15(2)19(17,18)10-7-8(12)3-4-9(10)13/h3-4,7H,5-6H2,1-2H3,(H,14,16). The van der Waals surface area contributed by atoms with Crippen LogP contribution >= 0.6 is 31.9 Å². The van der Waals surface area contributed by atoms with Gasteiger partial charge in [0.2, 0.25) is 15.9 Å². The molecule has 0 saturated carbocycles. The minimum absolute atomic E-state index is 0.123. The Labute approximate surface area is 129 Å². The van der Waals surface area contributed by atoms with Gasteiger partial charge in [-0.3, -0.25) is 4.79 Å². The maximum atomic E-state index is 12.3. The Morgan fingerprint density at radius 1 is 1.37 bits per heavy atom. The Morgan fingerprint density at radius 3 is 2.58 bits per heavy atom. The first-order chi connectivity index (χ1) is 8.78. The Hall–Kier alpha value is -0.440. The first kappa shape index (κ1) is 16.6. The summed E-state index contributed by atoms with van der Waals surface area (Å²) in [6.45, 7) is 0.126. The summed E-state index contributed by atoms with van der Waals surface area (Å²) in [6.07, 6.45) is 0.123. The van der Waals surface area contributed by atoms with Gasteiger partial charge in [0, 0.05) is 36.0 Å². The molecule has 8 heteroatoms. The van der Waals surface area contributed by atoms with E-state index < -0.39 is 10.0 Å². The minimum atomic E-state index is -3.62. The van der Waals surface area contributed by atoms with Crippen molar-refractivity contribution >= 4 is 47.8 Å². The summed E-state index contributed by atoms with van der Waals surface area (Å²) in [5.41, 5.74) is 0. The molecular weight excluding hydrogens is 400 g/mol. The summed E-state index contributed by atoms with van der Waals surface area (Å²) in [7, 11) is -0.654. The van der Waals surface area contributed by atoms with E-state index >= 15 is 0 Å². The van der Waals surface area contributed by atoms with Gasteiger partial charge in [0.15, 0.2) is 0 Å².